The van der Waals surface area contributed by atoms with E-state index in [-0.39, 0.29) is 5.41 Å². The molecule has 3 saturated heterocycles. The minimum atomic E-state index is 0.277. The molecule has 1 spiro atoms. The molecule has 0 radical (unpaired) electrons. The number of rotatable bonds is 2. The van der Waals surface area contributed by atoms with Crippen molar-refractivity contribution in [2.45, 2.75) is 56.7 Å². The molecule has 3 aliphatic heterocycles. The Morgan fingerprint density at radius 1 is 1.10 bits per heavy atom. The molecule has 118 valence electrons. The van der Waals surface area contributed by atoms with Crippen molar-refractivity contribution in [1.29, 1.82) is 0 Å². The maximum Gasteiger partial charge on any atom is 0.226 e. The summed E-state index contributed by atoms with van der Waals surface area (Å²) in [5, 5.41) is 0. The summed E-state index contributed by atoms with van der Waals surface area (Å²) in [5.74, 6) is 2.04. The molecule has 0 bridgehead atoms. The standard InChI is InChI=1S/C17H28N2OS/c1-16(2)9-14(16)15(20)19-11-17(12-19)8-13(10-21-17)18-6-4-3-5-7-18/h13-14H,3-12H2,1-2H3. The Morgan fingerprint density at radius 2 is 1.76 bits per heavy atom. The van der Waals surface area contributed by atoms with Gasteiger partial charge >= 0.3 is 0 Å². The Balaban J connectivity index is 1.30. The Bertz CT molecular complexity index is 438. The molecule has 1 amide bonds. The third kappa shape index (κ3) is 2.52. The lowest BCUT2D eigenvalue weighted by Gasteiger charge is -2.48. The van der Waals surface area contributed by atoms with Gasteiger partial charge < -0.3 is 4.90 Å². The Hall–Kier alpha value is -0.220. The van der Waals surface area contributed by atoms with Crippen LogP contribution in [0.5, 0.6) is 0 Å². The quantitative estimate of drug-likeness (QED) is 0.783. The predicted molar refractivity (Wildman–Crippen MR) is 87.5 cm³/mol. The highest BCUT2D eigenvalue weighted by Crippen LogP contribution is 2.54. The highest BCUT2D eigenvalue weighted by molar-refractivity contribution is 8.01. The first-order valence-electron chi connectivity index (χ1n) is 8.66. The van der Waals surface area contributed by atoms with Gasteiger partial charge in [0, 0.05) is 30.8 Å². The van der Waals surface area contributed by atoms with E-state index in [0.29, 0.717) is 16.6 Å². The molecule has 4 fully saturated rings. The highest BCUT2D eigenvalue weighted by Gasteiger charge is 2.57. The van der Waals surface area contributed by atoms with Crippen molar-refractivity contribution in [3.8, 4) is 0 Å². The number of likely N-dealkylation sites (tertiary alicyclic amines) is 2. The average molecular weight is 308 g/mol. The van der Waals surface area contributed by atoms with Crippen molar-refractivity contribution in [2.75, 3.05) is 31.9 Å². The van der Waals surface area contributed by atoms with Crippen LogP contribution < -0.4 is 0 Å². The van der Waals surface area contributed by atoms with E-state index < -0.39 is 0 Å². The molecule has 3 nitrogen and oxygen atoms in total. The molecule has 0 aromatic rings. The Labute approximate surface area is 132 Å². The molecule has 3 heterocycles. The molecular weight excluding hydrogens is 280 g/mol. The summed E-state index contributed by atoms with van der Waals surface area (Å²) in [7, 11) is 0. The number of carbonyl (C=O) groups is 1. The van der Waals surface area contributed by atoms with Gasteiger partial charge in [-0.05, 0) is 44.2 Å². The van der Waals surface area contributed by atoms with E-state index in [0.717, 1.165) is 25.6 Å². The van der Waals surface area contributed by atoms with Crippen molar-refractivity contribution in [1.82, 2.24) is 9.80 Å². The lowest BCUT2D eigenvalue weighted by Crippen LogP contribution is -2.61. The average Bonchev–Trinajstić information content (AvgIpc) is 2.88. The highest BCUT2D eigenvalue weighted by atomic mass is 32.2. The molecule has 4 heteroatoms. The molecular formula is C17H28N2OS. The first kappa shape index (κ1) is 14.4. The number of hydrogen-bond donors (Lipinski definition) is 0. The van der Waals surface area contributed by atoms with Crippen molar-refractivity contribution in [3.05, 3.63) is 0 Å². The molecule has 0 N–H and O–H groups in total. The normalized spacial score (nSPS) is 37.5. The Morgan fingerprint density at radius 3 is 2.38 bits per heavy atom. The van der Waals surface area contributed by atoms with Gasteiger partial charge in [-0.3, -0.25) is 9.69 Å². The topological polar surface area (TPSA) is 23.6 Å². The largest absolute Gasteiger partial charge is 0.340 e. The van der Waals surface area contributed by atoms with Crippen molar-refractivity contribution < 1.29 is 4.79 Å². The third-order valence-corrected chi connectivity index (χ3v) is 7.77. The summed E-state index contributed by atoms with van der Waals surface area (Å²) in [6.45, 7) is 9.10. The second kappa shape index (κ2) is 4.89. The van der Waals surface area contributed by atoms with E-state index >= 15 is 0 Å². The smallest absolute Gasteiger partial charge is 0.226 e. The summed E-state index contributed by atoms with van der Waals surface area (Å²) < 4.78 is 0.413. The maximum absolute atomic E-state index is 12.4. The monoisotopic (exact) mass is 308 g/mol. The molecule has 1 saturated carbocycles. The molecule has 4 aliphatic rings. The van der Waals surface area contributed by atoms with Crippen LogP contribution in [0.1, 0.15) is 46.0 Å². The number of hydrogen-bond acceptors (Lipinski definition) is 3. The number of amides is 1. The predicted octanol–water partition coefficient (Wildman–Crippen LogP) is 2.60. The minimum Gasteiger partial charge on any atom is -0.340 e. The van der Waals surface area contributed by atoms with E-state index in [1.807, 2.05) is 0 Å². The zero-order valence-electron chi connectivity index (χ0n) is 13.4. The molecule has 0 aromatic carbocycles. The fraction of sp³-hybridized carbons (Fsp3) is 0.941. The number of carbonyl (C=O) groups excluding carboxylic acids is 1. The summed E-state index contributed by atoms with van der Waals surface area (Å²) in [6.07, 6.45) is 6.60. The van der Waals surface area contributed by atoms with Gasteiger partial charge in [-0.25, -0.2) is 0 Å². The van der Waals surface area contributed by atoms with Gasteiger partial charge in [0.25, 0.3) is 0 Å². The van der Waals surface area contributed by atoms with E-state index in [4.69, 9.17) is 0 Å². The van der Waals surface area contributed by atoms with Crippen LogP contribution in [0.3, 0.4) is 0 Å². The summed E-state index contributed by atoms with van der Waals surface area (Å²) in [6, 6.07) is 0.782. The van der Waals surface area contributed by atoms with Crippen molar-refractivity contribution >= 4 is 17.7 Å². The molecule has 2 atom stereocenters. The van der Waals surface area contributed by atoms with Gasteiger partial charge in [0.15, 0.2) is 0 Å². The lowest BCUT2D eigenvalue weighted by atomic mass is 9.90. The Kier molecular flexibility index (Phi) is 3.35. The fourth-order valence-corrected chi connectivity index (χ4v) is 6.15. The van der Waals surface area contributed by atoms with Crippen LogP contribution in [0.15, 0.2) is 0 Å². The van der Waals surface area contributed by atoms with Gasteiger partial charge in [-0.1, -0.05) is 20.3 Å². The first-order valence-corrected chi connectivity index (χ1v) is 9.65. The summed E-state index contributed by atoms with van der Waals surface area (Å²) in [5.41, 5.74) is 0.277. The van der Waals surface area contributed by atoms with Gasteiger partial charge in [-0.15, -0.1) is 11.8 Å². The van der Waals surface area contributed by atoms with E-state index in [2.05, 4.69) is 35.4 Å². The third-order valence-electron chi connectivity index (χ3n) is 6.18. The molecule has 21 heavy (non-hydrogen) atoms. The molecule has 4 rings (SSSR count). The van der Waals surface area contributed by atoms with Gasteiger partial charge in [-0.2, -0.15) is 0 Å². The van der Waals surface area contributed by atoms with E-state index in [1.165, 1.54) is 44.5 Å². The van der Waals surface area contributed by atoms with E-state index in [1.54, 1.807) is 0 Å². The summed E-state index contributed by atoms with van der Waals surface area (Å²) >= 11 is 2.15. The van der Waals surface area contributed by atoms with Crippen LogP contribution >= 0.6 is 11.8 Å². The molecule has 2 unspecified atom stereocenters. The number of thioether (sulfide) groups is 1. The van der Waals surface area contributed by atoms with Gasteiger partial charge in [0.2, 0.25) is 5.91 Å². The zero-order chi connectivity index (χ0) is 14.7. The van der Waals surface area contributed by atoms with Crippen LogP contribution in [0.25, 0.3) is 0 Å². The fourth-order valence-electron chi connectivity index (χ4n) is 4.47. The zero-order valence-corrected chi connectivity index (χ0v) is 14.3. The minimum absolute atomic E-state index is 0.277. The number of piperidine rings is 1. The maximum atomic E-state index is 12.4. The second-order valence-corrected chi connectivity index (χ2v) is 9.88. The van der Waals surface area contributed by atoms with Crippen LogP contribution in [0.2, 0.25) is 0 Å². The van der Waals surface area contributed by atoms with Gasteiger partial charge in [0.05, 0.1) is 4.75 Å². The van der Waals surface area contributed by atoms with Crippen molar-refractivity contribution in [3.63, 3.8) is 0 Å². The van der Waals surface area contributed by atoms with Crippen LogP contribution in [-0.4, -0.2) is 58.4 Å². The second-order valence-electron chi connectivity index (χ2n) is 8.39. The van der Waals surface area contributed by atoms with Crippen molar-refractivity contribution in [2.24, 2.45) is 11.3 Å². The van der Waals surface area contributed by atoms with Crippen LogP contribution in [-0.2, 0) is 4.79 Å². The SMILES string of the molecule is CC1(C)CC1C(=O)N1CC2(CC(N3CCCCC3)CS2)C1. The molecule has 0 aromatic heterocycles. The van der Waals surface area contributed by atoms with Crippen LogP contribution in [0, 0.1) is 11.3 Å². The van der Waals surface area contributed by atoms with Crippen LogP contribution in [0.4, 0.5) is 0 Å². The molecule has 1 aliphatic carbocycles. The first-order chi connectivity index (χ1) is 9.99. The number of nitrogens with zero attached hydrogens (tertiary/aromatic N) is 2. The van der Waals surface area contributed by atoms with Gasteiger partial charge in [0.1, 0.15) is 0 Å². The van der Waals surface area contributed by atoms with E-state index in [9.17, 15) is 4.79 Å². The summed E-state index contributed by atoms with van der Waals surface area (Å²) in [4.78, 5) is 17.3. The lowest BCUT2D eigenvalue weighted by molar-refractivity contribution is -0.138.